The molecule has 0 aliphatic carbocycles. The Hall–Kier alpha value is -3.32. The van der Waals surface area contributed by atoms with Crippen LogP contribution in [-0.4, -0.2) is 17.8 Å². The van der Waals surface area contributed by atoms with Gasteiger partial charge in [0.15, 0.2) is 0 Å². The second-order valence-electron chi connectivity index (χ2n) is 7.42. The van der Waals surface area contributed by atoms with Crippen LogP contribution < -0.4 is 15.0 Å². The number of rotatable bonds is 5. The highest BCUT2D eigenvalue weighted by molar-refractivity contribution is 6.40. The number of carbonyl (C=O) groups excluding carboxylic acids is 3. The van der Waals surface area contributed by atoms with Crippen molar-refractivity contribution in [2.75, 3.05) is 4.90 Å². The van der Waals surface area contributed by atoms with Gasteiger partial charge in [0, 0.05) is 15.6 Å². The summed E-state index contributed by atoms with van der Waals surface area (Å²) >= 11 is 18.7. The number of barbiturate groups is 1. The molecule has 0 bridgehead atoms. The molecule has 4 amide bonds. The van der Waals surface area contributed by atoms with Crippen LogP contribution in [-0.2, 0) is 16.2 Å². The lowest BCUT2D eigenvalue weighted by molar-refractivity contribution is -0.122. The third-order valence-corrected chi connectivity index (χ3v) is 6.05. The first-order valence-electron chi connectivity index (χ1n) is 10.1. The molecular formula is C25H17Cl3N2O4. The molecule has 6 nitrogen and oxygen atoms in total. The molecular weight excluding hydrogens is 499 g/mol. The molecule has 1 aliphatic heterocycles. The van der Waals surface area contributed by atoms with E-state index in [1.165, 1.54) is 18.2 Å². The summed E-state index contributed by atoms with van der Waals surface area (Å²) in [5, 5.41) is 3.05. The van der Waals surface area contributed by atoms with Crippen molar-refractivity contribution in [3.8, 4) is 5.75 Å². The van der Waals surface area contributed by atoms with E-state index >= 15 is 0 Å². The molecule has 0 saturated carbocycles. The molecule has 0 atom stereocenters. The zero-order chi connectivity index (χ0) is 24.4. The van der Waals surface area contributed by atoms with Gasteiger partial charge in [-0.25, -0.2) is 9.69 Å². The zero-order valence-corrected chi connectivity index (χ0v) is 20.0. The fraction of sp³-hybridized carbons (Fsp3) is 0.0800. The normalized spacial score (nSPS) is 15.0. The van der Waals surface area contributed by atoms with Crippen molar-refractivity contribution in [3.63, 3.8) is 0 Å². The predicted octanol–water partition coefficient (Wildman–Crippen LogP) is 6.20. The Morgan fingerprint density at radius 1 is 0.941 bits per heavy atom. The highest BCUT2D eigenvalue weighted by Crippen LogP contribution is 2.36. The van der Waals surface area contributed by atoms with E-state index in [0.717, 1.165) is 10.5 Å². The Morgan fingerprint density at radius 3 is 2.41 bits per heavy atom. The summed E-state index contributed by atoms with van der Waals surface area (Å²) in [6, 6.07) is 16.4. The maximum atomic E-state index is 13.3. The van der Waals surface area contributed by atoms with E-state index in [1.54, 1.807) is 25.1 Å². The summed E-state index contributed by atoms with van der Waals surface area (Å²) in [6.07, 6.45) is 1.30. The van der Waals surface area contributed by atoms with Crippen molar-refractivity contribution in [2.24, 2.45) is 0 Å². The first kappa shape index (κ1) is 23.8. The monoisotopic (exact) mass is 514 g/mol. The van der Waals surface area contributed by atoms with Crippen molar-refractivity contribution in [3.05, 3.63) is 98.0 Å². The van der Waals surface area contributed by atoms with Crippen molar-refractivity contribution < 1.29 is 19.1 Å². The van der Waals surface area contributed by atoms with Crippen molar-refractivity contribution in [1.29, 1.82) is 0 Å². The molecule has 1 saturated heterocycles. The van der Waals surface area contributed by atoms with Crippen LogP contribution in [0.2, 0.25) is 15.1 Å². The highest BCUT2D eigenvalue weighted by Gasteiger charge is 2.38. The number of hydrogen-bond acceptors (Lipinski definition) is 4. The van der Waals surface area contributed by atoms with Crippen LogP contribution in [0.15, 0.2) is 66.2 Å². The number of urea groups is 1. The molecule has 4 rings (SSSR count). The molecule has 3 aromatic rings. The summed E-state index contributed by atoms with van der Waals surface area (Å²) in [5.74, 6) is -1.43. The quantitative estimate of drug-likeness (QED) is 0.324. The van der Waals surface area contributed by atoms with Gasteiger partial charge in [-0.3, -0.25) is 14.9 Å². The van der Waals surface area contributed by atoms with Gasteiger partial charge in [0.2, 0.25) is 0 Å². The smallest absolute Gasteiger partial charge is 0.335 e. The fourth-order valence-corrected chi connectivity index (χ4v) is 4.17. The number of ether oxygens (including phenoxy) is 1. The molecule has 34 heavy (non-hydrogen) atoms. The van der Waals surface area contributed by atoms with Crippen LogP contribution in [0.3, 0.4) is 0 Å². The molecule has 1 N–H and O–H groups in total. The number of halogens is 3. The fourth-order valence-electron chi connectivity index (χ4n) is 3.44. The maximum absolute atomic E-state index is 13.3. The summed E-state index contributed by atoms with van der Waals surface area (Å²) in [7, 11) is 0. The van der Waals surface area contributed by atoms with E-state index in [-0.39, 0.29) is 33.7 Å². The molecule has 1 aliphatic rings. The van der Waals surface area contributed by atoms with E-state index < -0.39 is 17.8 Å². The second kappa shape index (κ2) is 9.89. The van der Waals surface area contributed by atoms with Gasteiger partial charge in [-0.05, 0) is 48.4 Å². The Morgan fingerprint density at radius 2 is 1.68 bits per heavy atom. The SMILES string of the molecule is Cc1c(Cl)cccc1N1C(=O)NC(=O)/C(=C\c2cc(Cl)cc(Cl)c2OCc2ccccc2)C1=O. The summed E-state index contributed by atoms with van der Waals surface area (Å²) in [4.78, 5) is 39.3. The summed E-state index contributed by atoms with van der Waals surface area (Å²) < 4.78 is 5.91. The van der Waals surface area contributed by atoms with Crippen molar-refractivity contribution in [2.45, 2.75) is 13.5 Å². The lowest BCUT2D eigenvalue weighted by Crippen LogP contribution is -2.54. The predicted molar refractivity (Wildman–Crippen MR) is 132 cm³/mol. The average molecular weight is 516 g/mol. The Balaban J connectivity index is 1.75. The molecule has 0 unspecified atom stereocenters. The second-order valence-corrected chi connectivity index (χ2v) is 8.67. The minimum Gasteiger partial charge on any atom is -0.487 e. The van der Waals surface area contributed by atoms with Gasteiger partial charge < -0.3 is 4.74 Å². The van der Waals surface area contributed by atoms with Gasteiger partial charge in [0.25, 0.3) is 11.8 Å². The number of anilines is 1. The Kier molecular flexibility index (Phi) is 6.93. The summed E-state index contributed by atoms with van der Waals surface area (Å²) in [6.45, 7) is 1.87. The molecule has 1 heterocycles. The van der Waals surface area contributed by atoms with Crippen LogP contribution in [0.4, 0.5) is 10.5 Å². The highest BCUT2D eigenvalue weighted by atomic mass is 35.5. The molecule has 0 spiro atoms. The minimum atomic E-state index is -0.873. The molecule has 1 fully saturated rings. The van der Waals surface area contributed by atoms with Gasteiger partial charge in [0.1, 0.15) is 17.9 Å². The number of imide groups is 2. The first-order valence-corrected chi connectivity index (χ1v) is 11.2. The first-order chi connectivity index (χ1) is 16.3. The van der Waals surface area contributed by atoms with E-state index in [0.29, 0.717) is 16.1 Å². The summed E-state index contributed by atoms with van der Waals surface area (Å²) in [5.41, 5.74) is 1.69. The third kappa shape index (κ3) is 4.80. The number of carbonyl (C=O) groups is 3. The minimum absolute atomic E-state index is 0.199. The van der Waals surface area contributed by atoms with Gasteiger partial charge in [0.05, 0.1) is 10.7 Å². The Bertz CT molecular complexity index is 1340. The van der Waals surface area contributed by atoms with Crippen LogP contribution in [0.5, 0.6) is 5.75 Å². The number of hydrogen-bond donors (Lipinski definition) is 1. The maximum Gasteiger partial charge on any atom is 0.335 e. The van der Waals surface area contributed by atoms with Crippen LogP contribution in [0.1, 0.15) is 16.7 Å². The van der Waals surface area contributed by atoms with Crippen LogP contribution in [0, 0.1) is 6.92 Å². The van der Waals surface area contributed by atoms with Crippen LogP contribution in [0.25, 0.3) is 6.08 Å². The largest absolute Gasteiger partial charge is 0.487 e. The van der Waals surface area contributed by atoms with Gasteiger partial charge in [-0.1, -0.05) is 71.2 Å². The van der Waals surface area contributed by atoms with Crippen molar-refractivity contribution >= 4 is 64.4 Å². The number of nitrogens with one attached hydrogen (secondary N) is 1. The van der Waals surface area contributed by atoms with Crippen molar-refractivity contribution in [1.82, 2.24) is 5.32 Å². The van der Waals surface area contributed by atoms with Gasteiger partial charge in [-0.15, -0.1) is 0 Å². The standard InChI is InChI=1S/C25H17Cl3N2O4/c1-14-19(27)8-5-9-21(14)30-24(32)18(23(31)29-25(30)33)11-16-10-17(26)12-20(28)22(16)34-13-15-6-3-2-4-7-15/h2-12H,13H2,1H3,(H,29,31,33)/b18-11+. The molecule has 0 aromatic heterocycles. The number of benzene rings is 3. The number of nitrogens with zero attached hydrogens (tertiary/aromatic N) is 1. The zero-order valence-electron chi connectivity index (χ0n) is 17.8. The van der Waals surface area contributed by atoms with E-state index in [9.17, 15) is 14.4 Å². The van der Waals surface area contributed by atoms with Gasteiger partial charge in [-0.2, -0.15) is 0 Å². The molecule has 0 radical (unpaired) electrons. The van der Waals surface area contributed by atoms with E-state index in [2.05, 4.69) is 5.32 Å². The van der Waals surface area contributed by atoms with E-state index in [4.69, 9.17) is 39.5 Å². The average Bonchev–Trinajstić information content (AvgIpc) is 2.79. The third-order valence-electron chi connectivity index (χ3n) is 5.14. The number of amides is 4. The van der Waals surface area contributed by atoms with E-state index in [1.807, 2.05) is 30.3 Å². The Labute approximate surface area is 210 Å². The van der Waals surface area contributed by atoms with Crippen LogP contribution >= 0.6 is 34.8 Å². The molecule has 3 aromatic carbocycles. The molecule has 172 valence electrons. The topological polar surface area (TPSA) is 75.7 Å². The molecule has 9 heteroatoms. The van der Waals surface area contributed by atoms with Gasteiger partial charge >= 0.3 is 6.03 Å². The lowest BCUT2D eigenvalue weighted by atomic mass is 10.0. The lowest BCUT2D eigenvalue weighted by Gasteiger charge is -2.28.